The predicted octanol–water partition coefficient (Wildman–Crippen LogP) is 2.99. The first-order valence-corrected chi connectivity index (χ1v) is 7.16. The minimum absolute atomic E-state index is 0.300. The highest BCUT2D eigenvalue weighted by atomic mass is 32.1. The van der Waals surface area contributed by atoms with Crippen LogP contribution in [0.4, 0.5) is 11.4 Å². The molecular weight excluding hydrogens is 288 g/mol. The summed E-state index contributed by atoms with van der Waals surface area (Å²) in [6, 6.07) is 5.14. The summed E-state index contributed by atoms with van der Waals surface area (Å²) in [5.41, 5.74) is 8.83. The van der Waals surface area contributed by atoms with Crippen molar-refractivity contribution in [2.75, 3.05) is 18.2 Å². The van der Waals surface area contributed by atoms with Gasteiger partial charge in [-0.05, 0) is 42.5 Å². The predicted molar refractivity (Wildman–Crippen MR) is 83.9 cm³/mol. The number of nitrogens with two attached hydrogens (primary N) is 1. The molecule has 2 rings (SSSR count). The lowest BCUT2D eigenvalue weighted by Crippen LogP contribution is -2.16. The van der Waals surface area contributed by atoms with Crippen LogP contribution in [0.2, 0.25) is 0 Å². The third-order valence-corrected chi connectivity index (χ3v) is 4.17. The first-order valence-electron chi connectivity index (χ1n) is 6.28. The zero-order valence-corrected chi connectivity index (χ0v) is 12.8. The Bertz CT molecular complexity index is 707. The number of aryl methyl sites for hydroxylation is 2. The van der Waals surface area contributed by atoms with Crippen molar-refractivity contribution in [2.24, 2.45) is 0 Å². The van der Waals surface area contributed by atoms with Gasteiger partial charge in [0.15, 0.2) is 0 Å². The average Bonchev–Trinajstić information content (AvgIpc) is 2.82. The fourth-order valence-electron chi connectivity index (χ4n) is 1.91. The molecule has 0 aliphatic rings. The van der Waals surface area contributed by atoms with Crippen LogP contribution in [0.1, 0.15) is 31.2 Å². The van der Waals surface area contributed by atoms with Crippen molar-refractivity contribution in [3.63, 3.8) is 0 Å². The molecule has 0 atom stereocenters. The Morgan fingerprint density at radius 1 is 1.24 bits per heavy atom. The van der Waals surface area contributed by atoms with Crippen molar-refractivity contribution in [3.05, 3.63) is 45.1 Å². The number of methoxy groups -OCH3 is 1. The Hall–Kier alpha value is -2.34. The molecular formula is C15H16N2O3S. The van der Waals surface area contributed by atoms with E-state index in [1.54, 1.807) is 23.6 Å². The molecule has 1 heterocycles. The highest BCUT2D eigenvalue weighted by Gasteiger charge is 2.20. The van der Waals surface area contributed by atoms with Crippen LogP contribution in [0.15, 0.2) is 23.6 Å². The molecule has 0 radical (unpaired) electrons. The number of benzene rings is 1. The van der Waals surface area contributed by atoms with Crippen LogP contribution in [-0.2, 0) is 4.74 Å². The quantitative estimate of drug-likeness (QED) is 0.674. The molecule has 3 N–H and O–H groups in total. The lowest BCUT2D eigenvalue weighted by atomic mass is 10.1. The number of hydrogen-bond donors (Lipinski definition) is 2. The molecule has 0 bridgehead atoms. The van der Waals surface area contributed by atoms with Crippen LogP contribution in [0.3, 0.4) is 0 Å². The van der Waals surface area contributed by atoms with E-state index in [1.165, 1.54) is 18.4 Å². The van der Waals surface area contributed by atoms with Crippen molar-refractivity contribution in [1.82, 2.24) is 0 Å². The number of hydrogen-bond acceptors (Lipinski definition) is 5. The Labute approximate surface area is 126 Å². The monoisotopic (exact) mass is 304 g/mol. The van der Waals surface area contributed by atoms with Crippen molar-refractivity contribution in [3.8, 4) is 0 Å². The Kier molecular flexibility index (Phi) is 4.28. The summed E-state index contributed by atoms with van der Waals surface area (Å²) in [7, 11) is 1.31. The molecule has 0 aliphatic heterocycles. The molecule has 110 valence electrons. The number of carbonyl (C=O) groups is 2. The van der Waals surface area contributed by atoms with Gasteiger partial charge in [0.2, 0.25) is 0 Å². The van der Waals surface area contributed by atoms with Crippen molar-refractivity contribution >= 4 is 34.6 Å². The lowest BCUT2D eigenvalue weighted by Gasteiger charge is -2.10. The number of thiophene rings is 1. The molecule has 1 aromatic heterocycles. The second-order valence-electron chi connectivity index (χ2n) is 4.64. The molecule has 0 saturated carbocycles. The first kappa shape index (κ1) is 15.1. The summed E-state index contributed by atoms with van der Waals surface area (Å²) in [5.74, 6) is -0.765. The maximum atomic E-state index is 12.4. The highest BCUT2D eigenvalue weighted by molar-refractivity contribution is 7.12. The summed E-state index contributed by atoms with van der Waals surface area (Å²) in [6.07, 6.45) is 0. The van der Waals surface area contributed by atoms with E-state index in [-0.39, 0.29) is 5.91 Å². The van der Waals surface area contributed by atoms with Crippen molar-refractivity contribution < 1.29 is 14.3 Å². The zero-order chi connectivity index (χ0) is 15.6. The summed E-state index contributed by atoms with van der Waals surface area (Å²) < 4.78 is 4.72. The second kappa shape index (κ2) is 5.97. The van der Waals surface area contributed by atoms with Crippen LogP contribution in [0.25, 0.3) is 0 Å². The second-order valence-corrected chi connectivity index (χ2v) is 5.52. The van der Waals surface area contributed by atoms with Gasteiger partial charge in [-0.3, -0.25) is 4.79 Å². The molecule has 0 spiro atoms. The number of rotatable bonds is 3. The molecule has 0 saturated heterocycles. The summed E-state index contributed by atoms with van der Waals surface area (Å²) in [4.78, 5) is 24.5. The molecule has 6 heteroatoms. The standard InChI is InChI=1S/C15H16N2O3S/c1-8-4-5-10(16)6-11(8)14(18)17-12-9(2)7-21-13(12)15(19)20-3/h4-7H,16H2,1-3H3,(H,17,18). The number of nitrogens with one attached hydrogen (secondary N) is 1. The van der Waals surface area contributed by atoms with E-state index in [4.69, 9.17) is 10.5 Å². The Morgan fingerprint density at radius 3 is 2.62 bits per heavy atom. The molecule has 0 aliphatic carbocycles. The van der Waals surface area contributed by atoms with Gasteiger partial charge in [0, 0.05) is 11.3 Å². The highest BCUT2D eigenvalue weighted by Crippen LogP contribution is 2.29. The third-order valence-electron chi connectivity index (χ3n) is 3.09. The third kappa shape index (κ3) is 3.05. The Balaban J connectivity index is 2.34. The molecule has 5 nitrogen and oxygen atoms in total. The van der Waals surface area contributed by atoms with Gasteiger partial charge < -0.3 is 15.8 Å². The minimum Gasteiger partial charge on any atom is -0.465 e. The lowest BCUT2D eigenvalue weighted by molar-refractivity contribution is 0.0607. The number of anilines is 2. The summed E-state index contributed by atoms with van der Waals surface area (Å²) in [5, 5.41) is 4.57. The van der Waals surface area contributed by atoms with Gasteiger partial charge in [0.25, 0.3) is 5.91 Å². The summed E-state index contributed by atoms with van der Waals surface area (Å²) in [6.45, 7) is 3.65. The fraction of sp³-hybridized carbons (Fsp3) is 0.200. The van der Waals surface area contributed by atoms with Gasteiger partial charge >= 0.3 is 5.97 Å². The van der Waals surface area contributed by atoms with Crippen LogP contribution >= 0.6 is 11.3 Å². The smallest absolute Gasteiger partial charge is 0.350 e. The molecule has 2 aromatic rings. The van der Waals surface area contributed by atoms with E-state index in [0.717, 1.165) is 11.1 Å². The van der Waals surface area contributed by atoms with Crippen LogP contribution in [-0.4, -0.2) is 19.0 Å². The van der Waals surface area contributed by atoms with Gasteiger partial charge in [-0.15, -0.1) is 11.3 Å². The minimum atomic E-state index is -0.465. The molecule has 0 unspecified atom stereocenters. The fourth-order valence-corrected chi connectivity index (χ4v) is 2.83. The Morgan fingerprint density at radius 2 is 1.95 bits per heavy atom. The van der Waals surface area contributed by atoms with E-state index in [2.05, 4.69) is 5.32 Å². The van der Waals surface area contributed by atoms with E-state index in [0.29, 0.717) is 21.8 Å². The van der Waals surface area contributed by atoms with Gasteiger partial charge in [0.05, 0.1) is 12.8 Å². The zero-order valence-electron chi connectivity index (χ0n) is 12.0. The number of nitrogen functional groups attached to an aromatic ring is 1. The van der Waals surface area contributed by atoms with E-state index < -0.39 is 5.97 Å². The van der Waals surface area contributed by atoms with Crippen LogP contribution in [0, 0.1) is 13.8 Å². The number of esters is 1. The molecule has 1 amide bonds. The SMILES string of the molecule is COC(=O)c1scc(C)c1NC(=O)c1cc(N)ccc1C. The van der Waals surface area contributed by atoms with Gasteiger partial charge in [-0.2, -0.15) is 0 Å². The summed E-state index contributed by atoms with van der Waals surface area (Å²) >= 11 is 1.24. The first-order chi connectivity index (χ1) is 9.93. The normalized spacial score (nSPS) is 10.2. The molecule has 0 fully saturated rings. The van der Waals surface area contributed by atoms with Crippen molar-refractivity contribution in [2.45, 2.75) is 13.8 Å². The van der Waals surface area contributed by atoms with Crippen LogP contribution in [0.5, 0.6) is 0 Å². The van der Waals surface area contributed by atoms with Crippen molar-refractivity contribution in [1.29, 1.82) is 0 Å². The number of carbonyl (C=O) groups excluding carboxylic acids is 2. The van der Waals surface area contributed by atoms with Crippen LogP contribution < -0.4 is 11.1 Å². The maximum Gasteiger partial charge on any atom is 0.350 e. The number of amides is 1. The average molecular weight is 304 g/mol. The van der Waals surface area contributed by atoms with E-state index in [1.807, 2.05) is 13.8 Å². The topological polar surface area (TPSA) is 81.4 Å². The molecule has 21 heavy (non-hydrogen) atoms. The maximum absolute atomic E-state index is 12.4. The largest absolute Gasteiger partial charge is 0.465 e. The number of ether oxygens (including phenoxy) is 1. The van der Waals surface area contributed by atoms with E-state index >= 15 is 0 Å². The van der Waals surface area contributed by atoms with Gasteiger partial charge in [0.1, 0.15) is 4.88 Å². The van der Waals surface area contributed by atoms with E-state index in [9.17, 15) is 9.59 Å². The molecule has 1 aromatic carbocycles. The van der Waals surface area contributed by atoms with Gasteiger partial charge in [-0.25, -0.2) is 4.79 Å². The van der Waals surface area contributed by atoms with Gasteiger partial charge in [-0.1, -0.05) is 6.07 Å².